The van der Waals surface area contributed by atoms with Crippen molar-refractivity contribution in [3.63, 3.8) is 0 Å². The molecule has 1 heterocycles. The number of methoxy groups -OCH3 is 1. The highest BCUT2D eigenvalue weighted by atomic mass is 16.5. The predicted octanol–water partition coefficient (Wildman–Crippen LogP) is 3.32. The molecule has 0 radical (unpaired) electrons. The topological polar surface area (TPSA) is 21.3 Å². The first kappa shape index (κ1) is 12.2. The molecular formula is C17H19NO. The van der Waals surface area contributed by atoms with Gasteiger partial charge in [-0.15, -0.1) is 0 Å². The molecule has 0 saturated carbocycles. The minimum absolute atomic E-state index is 0.924. The number of ether oxygens (including phenoxy) is 1. The average molecular weight is 253 g/mol. The van der Waals surface area contributed by atoms with Crippen LogP contribution in [0.2, 0.25) is 0 Å². The number of nitrogens with one attached hydrogen (secondary N) is 1. The van der Waals surface area contributed by atoms with Gasteiger partial charge in [-0.3, -0.25) is 0 Å². The molecule has 0 atom stereocenters. The van der Waals surface area contributed by atoms with Gasteiger partial charge in [-0.25, -0.2) is 0 Å². The van der Waals surface area contributed by atoms with Crippen LogP contribution in [0.3, 0.4) is 0 Å². The molecule has 2 aromatic carbocycles. The molecule has 0 aromatic heterocycles. The van der Waals surface area contributed by atoms with Crippen LogP contribution in [-0.4, -0.2) is 13.7 Å². The Labute approximate surface area is 114 Å². The fraction of sp³-hybridized carbons (Fsp3) is 0.294. The van der Waals surface area contributed by atoms with E-state index in [1.807, 2.05) is 6.07 Å². The van der Waals surface area contributed by atoms with Gasteiger partial charge in [0.1, 0.15) is 5.75 Å². The van der Waals surface area contributed by atoms with Gasteiger partial charge in [0.2, 0.25) is 0 Å². The zero-order valence-electron chi connectivity index (χ0n) is 11.5. The maximum Gasteiger partial charge on any atom is 0.119 e. The Kier molecular flexibility index (Phi) is 3.26. The lowest BCUT2D eigenvalue weighted by atomic mass is 9.89. The van der Waals surface area contributed by atoms with Crippen LogP contribution in [0, 0.1) is 6.92 Å². The van der Waals surface area contributed by atoms with Gasteiger partial charge in [-0.05, 0) is 59.8 Å². The quantitative estimate of drug-likeness (QED) is 0.886. The van der Waals surface area contributed by atoms with Crippen molar-refractivity contribution in [3.8, 4) is 16.9 Å². The summed E-state index contributed by atoms with van der Waals surface area (Å²) in [6.07, 6.45) is 1.11. The van der Waals surface area contributed by atoms with E-state index in [9.17, 15) is 0 Å². The molecule has 98 valence electrons. The van der Waals surface area contributed by atoms with Crippen molar-refractivity contribution in [2.45, 2.75) is 19.9 Å². The van der Waals surface area contributed by atoms with Gasteiger partial charge < -0.3 is 10.1 Å². The number of hydrogen-bond acceptors (Lipinski definition) is 2. The van der Waals surface area contributed by atoms with Crippen molar-refractivity contribution >= 4 is 0 Å². The largest absolute Gasteiger partial charge is 0.497 e. The van der Waals surface area contributed by atoms with E-state index in [4.69, 9.17) is 4.74 Å². The van der Waals surface area contributed by atoms with Crippen molar-refractivity contribution in [2.75, 3.05) is 13.7 Å². The van der Waals surface area contributed by atoms with Gasteiger partial charge in [0, 0.05) is 6.54 Å². The molecule has 0 unspecified atom stereocenters. The summed E-state index contributed by atoms with van der Waals surface area (Å²) >= 11 is 0. The van der Waals surface area contributed by atoms with Crippen molar-refractivity contribution in [1.29, 1.82) is 0 Å². The first-order valence-electron chi connectivity index (χ1n) is 6.76. The molecule has 3 rings (SSSR count). The van der Waals surface area contributed by atoms with Crippen LogP contribution >= 0.6 is 0 Å². The Morgan fingerprint density at radius 1 is 1.11 bits per heavy atom. The summed E-state index contributed by atoms with van der Waals surface area (Å²) in [5, 5.41) is 3.43. The summed E-state index contributed by atoms with van der Waals surface area (Å²) in [6.45, 7) is 4.20. The van der Waals surface area contributed by atoms with Gasteiger partial charge in [0.05, 0.1) is 7.11 Å². The molecular weight excluding hydrogens is 234 g/mol. The Balaban J connectivity index is 2.12. The molecule has 0 amide bonds. The van der Waals surface area contributed by atoms with E-state index >= 15 is 0 Å². The predicted molar refractivity (Wildman–Crippen MR) is 78.6 cm³/mol. The third-order valence-electron chi connectivity index (χ3n) is 3.86. The van der Waals surface area contributed by atoms with Gasteiger partial charge in [-0.1, -0.05) is 24.3 Å². The van der Waals surface area contributed by atoms with E-state index in [0.29, 0.717) is 0 Å². The molecule has 0 fully saturated rings. The Morgan fingerprint density at radius 3 is 2.79 bits per heavy atom. The first-order valence-corrected chi connectivity index (χ1v) is 6.76. The molecule has 0 aliphatic carbocycles. The van der Waals surface area contributed by atoms with Crippen molar-refractivity contribution < 1.29 is 4.74 Å². The summed E-state index contributed by atoms with van der Waals surface area (Å²) in [7, 11) is 1.71. The number of benzene rings is 2. The summed E-state index contributed by atoms with van der Waals surface area (Å²) in [5.41, 5.74) is 6.89. The number of fused-ring (bicyclic) bond motifs is 1. The third kappa shape index (κ3) is 2.24. The molecule has 0 spiro atoms. The second-order valence-electron chi connectivity index (χ2n) is 5.05. The van der Waals surface area contributed by atoms with Crippen LogP contribution in [-0.2, 0) is 13.0 Å². The average Bonchev–Trinajstić information content (AvgIpc) is 2.46. The van der Waals surface area contributed by atoms with Crippen LogP contribution in [0.1, 0.15) is 16.7 Å². The summed E-state index contributed by atoms with van der Waals surface area (Å²) in [5.74, 6) is 0.924. The minimum atomic E-state index is 0.924. The van der Waals surface area contributed by atoms with Crippen LogP contribution in [0.5, 0.6) is 5.75 Å². The van der Waals surface area contributed by atoms with Crippen molar-refractivity contribution in [3.05, 3.63) is 53.1 Å². The molecule has 2 heteroatoms. The minimum Gasteiger partial charge on any atom is -0.497 e. The van der Waals surface area contributed by atoms with Gasteiger partial charge in [0.15, 0.2) is 0 Å². The fourth-order valence-corrected chi connectivity index (χ4v) is 2.85. The third-order valence-corrected chi connectivity index (χ3v) is 3.86. The lowest BCUT2D eigenvalue weighted by Gasteiger charge is -2.21. The van der Waals surface area contributed by atoms with E-state index < -0.39 is 0 Å². The van der Waals surface area contributed by atoms with Crippen molar-refractivity contribution in [2.24, 2.45) is 0 Å². The van der Waals surface area contributed by atoms with Gasteiger partial charge in [0.25, 0.3) is 0 Å². The van der Waals surface area contributed by atoms with E-state index in [1.54, 1.807) is 7.11 Å². The molecule has 1 N–H and O–H groups in total. The zero-order chi connectivity index (χ0) is 13.2. The SMILES string of the molecule is COc1ccc(-c2cccc3c2CCNC3)c(C)c1. The standard InChI is InChI=1S/C17H19NO/c1-12-10-14(19-2)6-7-15(12)17-5-3-4-13-11-18-9-8-16(13)17/h3-7,10,18H,8-9,11H2,1-2H3. The Bertz CT molecular complexity index is 604. The zero-order valence-corrected chi connectivity index (χ0v) is 11.5. The van der Waals surface area contributed by atoms with E-state index in [1.165, 1.54) is 27.8 Å². The number of aryl methyl sites for hydroxylation is 1. The number of rotatable bonds is 2. The van der Waals surface area contributed by atoms with Crippen LogP contribution in [0.15, 0.2) is 36.4 Å². The van der Waals surface area contributed by atoms with Crippen LogP contribution in [0.25, 0.3) is 11.1 Å². The Hall–Kier alpha value is -1.80. The monoisotopic (exact) mass is 253 g/mol. The number of hydrogen-bond donors (Lipinski definition) is 1. The highest BCUT2D eigenvalue weighted by Crippen LogP contribution is 2.32. The first-order chi connectivity index (χ1) is 9.29. The lowest BCUT2D eigenvalue weighted by Crippen LogP contribution is -2.24. The van der Waals surface area contributed by atoms with Crippen LogP contribution < -0.4 is 10.1 Å². The van der Waals surface area contributed by atoms with Crippen LogP contribution in [0.4, 0.5) is 0 Å². The smallest absolute Gasteiger partial charge is 0.119 e. The van der Waals surface area contributed by atoms with E-state index in [2.05, 4.69) is 42.6 Å². The lowest BCUT2D eigenvalue weighted by molar-refractivity contribution is 0.414. The summed E-state index contributed by atoms with van der Waals surface area (Å²) in [6, 6.07) is 12.9. The molecule has 0 bridgehead atoms. The fourth-order valence-electron chi connectivity index (χ4n) is 2.85. The summed E-state index contributed by atoms with van der Waals surface area (Å²) in [4.78, 5) is 0. The molecule has 19 heavy (non-hydrogen) atoms. The molecule has 0 saturated heterocycles. The van der Waals surface area contributed by atoms with E-state index in [-0.39, 0.29) is 0 Å². The highest BCUT2D eigenvalue weighted by molar-refractivity contribution is 5.72. The maximum atomic E-state index is 5.29. The van der Waals surface area contributed by atoms with Crippen molar-refractivity contribution in [1.82, 2.24) is 5.32 Å². The molecule has 1 aliphatic rings. The second kappa shape index (κ2) is 5.06. The van der Waals surface area contributed by atoms with E-state index in [0.717, 1.165) is 25.3 Å². The molecule has 2 nitrogen and oxygen atoms in total. The molecule has 1 aliphatic heterocycles. The van der Waals surface area contributed by atoms with Gasteiger partial charge in [-0.2, -0.15) is 0 Å². The normalized spacial score (nSPS) is 14.0. The van der Waals surface area contributed by atoms with Gasteiger partial charge >= 0.3 is 0 Å². The molecule has 2 aromatic rings. The Morgan fingerprint density at radius 2 is 2.00 bits per heavy atom. The highest BCUT2D eigenvalue weighted by Gasteiger charge is 2.14. The maximum absolute atomic E-state index is 5.29. The second-order valence-corrected chi connectivity index (χ2v) is 5.05. The summed E-state index contributed by atoms with van der Waals surface area (Å²) < 4.78 is 5.29.